The van der Waals surface area contributed by atoms with Gasteiger partial charge >= 0.3 is 5.97 Å². The number of esters is 1. The normalized spacial score (nSPS) is 10.1. The number of hydrogen-bond acceptors (Lipinski definition) is 2. The summed E-state index contributed by atoms with van der Waals surface area (Å²) in [5, 5.41) is 0.519. The molecule has 2 aromatic rings. The van der Waals surface area contributed by atoms with Gasteiger partial charge in [-0.2, -0.15) is 0 Å². The second-order valence-electron chi connectivity index (χ2n) is 3.90. The van der Waals surface area contributed by atoms with Crippen LogP contribution in [0.15, 0.2) is 48.5 Å². The van der Waals surface area contributed by atoms with Gasteiger partial charge in [-0.15, -0.1) is 0 Å². The Morgan fingerprint density at radius 3 is 2.50 bits per heavy atom. The lowest BCUT2D eigenvalue weighted by molar-refractivity contribution is 0.0734. The maximum Gasteiger partial charge on any atom is 0.343 e. The van der Waals surface area contributed by atoms with Gasteiger partial charge in [0.15, 0.2) is 0 Å². The summed E-state index contributed by atoms with van der Waals surface area (Å²) >= 11 is 5.82. The smallest absolute Gasteiger partial charge is 0.343 e. The molecule has 0 bridgehead atoms. The Kier molecular flexibility index (Phi) is 4.00. The molecule has 2 rings (SSSR count). The zero-order chi connectivity index (χ0) is 13.0. The lowest BCUT2D eigenvalue weighted by Gasteiger charge is -2.05. The van der Waals surface area contributed by atoms with Crippen molar-refractivity contribution >= 4 is 17.6 Å². The van der Waals surface area contributed by atoms with E-state index in [0.717, 1.165) is 6.42 Å². The molecule has 0 spiro atoms. The highest BCUT2D eigenvalue weighted by Crippen LogP contribution is 2.16. The Balaban J connectivity index is 2.11. The quantitative estimate of drug-likeness (QED) is 0.613. The molecule has 0 saturated carbocycles. The van der Waals surface area contributed by atoms with E-state index in [1.807, 2.05) is 12.1 Å². The van der Waals surface area contributed by atoms with Crippen molar-refractivity contribution in [2.75, 3.05) is 0 Å². The molecule has 0 aliphatic carbocycles. The van der Waals surface area contributed by atoms with E-state index in [1.165, 1.54) is 5.56 Å². The molecule has 0 aliphatic rings. The van der Waals surface area contributed by atoms with Gasteiger partial charge in [-0.25, -0.2) is 4.79 Å². The van der Waals surface area contributed by atoms with Crippen molar-refractivity contribution in [2.24, 2.45) is 0 Å². The molecule has 0 unspecified atom stereocenters. The third-order valence-electron chi connectivity index (χ3n) is 2.60. The van der Waals surface area contributed by atoms with Gasteiger partial charge in [-0.05, 0) is 42.3 Å². The standard InChI is InChI=1S/C15H13ClO2/c1-2-11-6-8-14(9-7-11)18-15(17)12-4-3-5-13(16)10-12/h3-10H,2H2,1H3. The van der Waals surface area contributed by atoms with Gasteiger partial charge in [0.1, 0.15) is 5.75 Å². The highest BCUT2D eigenvalue weighted by molar-refractivity contribution is 6.30. The van der Waals surface area contributed by atoms with Gasteiger partial charge < -0.3 is 4.74 Å². The van der Waals surface area contributed by atoms with Crippen molar-refractivity contribution in [3.8, 4) is 5.75 Å². The number of ether oxygens (including phenoxy) is 1. The molecule has 0 fully saturated rings. The summed E-state index contributed by atoms with van der Waals surface area (Å²) in [6.45, 7) is 2.08. The third-order valence-corrected chi connectivity index (χ3v) is 2.84. The fraction of sp³-hybridized carbons (Fsp3) is 0.133. The van der Waals surface area contributed by atoms with Crippen molar-refractivity contribution in [2.45, 2.75) is 13.3 Å². The predicted octanol–water partition coefficient (Wildman–Crippen LogP) is 4.12. The minimum atomic E-state index is -0.401. The molecule has 0 amide bonds. The van der Waals surface area contributed by atoms with Crippen LogP contribution in [-0.2, 0) is 6.42 Å². The van der Waals surface area contributed by atoms with Crippen LogP contribution in [0, 0.1) is 0 Å². The number of rotatable bonds is 3. The summed E-state index contributed by atoms with van der Waals surface area (Å²) in [5.74, 6) is 0.138. The first-order valence-electron chi connectivity index (χ1n) is 5.75. The van der Waals surface area contributed by atoms with Crippen molar-refractivity contribution < 1.29 is 9.53 Å². The van der Waals surface area contributed by atoms with E-state index in [-0.39, 0.29) is 0 Å². The Hall–Kier alpha value is -1.80. The van der Waals surface area contributed by atoms with E-state index in [9.17, 15) is 4.79 Å². The topological polar surface area (TPSA) is 26.3 Å². The van der Waals surface area contributed by atoms with Gasteiger partial charge in [-0.1, -0.05) is 36.7 Å². The van der Waals surface area contributed by atoms with Crippen LogP contribution in [0.1, 0.15) is 22.8 Å². The fourth-order valence-electron chi connectivity index (χ4n) is 1.57. The van der Waals surface area contributed by atoms with E-state index < -0.39 is 5.97 Å². The van der Waals surface area contributed by atoms with Crippen LogP contribution in [0.25, 0.3) is 0 Å². The van der Waals surface area contributed by atoms with Crippen LogP contribution >= 0.6 is 11.6 Å². The summed E-state index contributed by atoms with van der Waals surface area (Å²) in [4.78, 5) is 11.8. The van der Waals surface area contributed by atoms with E-state index in [0.29, 0.717) is 16.3 Å². The van der Waals surface area contributed by atoms with Gasteiger partial charge in [0, 0.05) is 5.02 Å². The lowest BCUT2D eigenvalue weighted by Crippen LogP contribution is -2.08. The van der Waals surface area contributed by atoms with E-state index in [2.05, 4.69) is 6.92 Å². The van der Waals surface area contributed by atoms with Gasteiger partial charge in [0.05, 0.1) is 5.56 Å². The molecular formula is C15H13ClO2. The summed E-state index contributed by atoms with van der Waals surface area (Å²) < 4.78 is 5.26. The number of hydrogen-bond donors (Lipinski definition) is 0. The van der Waals surface area contributed by atoms with Gasteiger partial charge in [0.25, 0.3) is 0 Å². The van der Waals surface area contributed by atoms with Crippen LogP contribution < -0.4 is 4.74 Å². The minimum absolute atomic E-state index is 0.401. The molecule has 0 N–H and O–H groups in total. The maximum absolute atomic E-state index is 11.8. The first kappa shape index (κ1) is 12.7. The highest BCUT2D eigenvalue weighted by Gasteiger charge is 2.08. The predicted molar refractivity (Wildman–Crippen MR) is 72.2 cm³/mol. The van der Waals surface area contributed by atoms with Gasteiger partial charge in [0.2, 0.25) is 0 Å². The zero-order valence-electron chi connectivity index (χ0n) is 10.0. The summed E-state index contributed by atoms with van der Waals surface area (Å²) in [5.41, 5.74) is 1.65. The summed E-state index contributed by atoms with van der Waals surface area (Å²) in [7, 11) is 0. The molecule has 0 aromatic heterocycles. The summed E-state index contributed by atoms with van der Waals surface area (Å²) in [6, 6.07) is 14.2. The number of halogens is 1. The minimum Gasteiger partial charge on any atom is -0.423 e. The second-order valence-corrected chi connectivity index (χ2v) is 4.33. The molecule has 0 aliphatic heterocycles. The molecule has 2 nitrogen and oxygen atoms in total. The molecule has 0 radical (unpaired) electrons. The van der Waals surface area contributed by atoms with Crippen LogP contribution in [-0.4, -0.2) is 5.97 Å². The largest absolute Gasteiger partial charge is 0.423 e. The zero-order valence-corrected chi connectivity index (χ0v) is 10.8. The number of benzene rings is 2. The molecule has 2 aromatic carbocycles. The number of aryl methyl sites for hydroxylation is 1. The van der Waals surface area contributed by atoms with Crippen molar-refractivity contribution in [3.63, 3.8) is 0 Å². The molecule has 92 valence electrons. The number of carbonyl (C=O) groups excluding carboxylic acids is 1. The van der Waals surface area contributed by atoms with Crippen LogP contribution in [0.5, 0.6) is 5.75 Å². The molecule has 18 heavy (non-hydrogen) atoms. The first-order chi connectivity index (χ1) is 8.69. The molecular weight excluding hydrogens is 248 g/mol. The fourth-order valence-corrected chi connectivity index (χ4v) is 1.76. The van der Waals surface area contributed by atoms with E-state index in [1.54, 1.807) is 36.4 Å². The van der Waals surface area contributed by atoms with Gasteiger partial charge in [-0.3, -0.25) is 0 Å². The maximum atomic E-state index is 11.8. The molecule has 0 heterocycles. The Morgan fingerprint density at radius 2 is 1.89 bits per heavy atom. The number of carbonyl (C=O) groups is 1. The average Bonchev–Trinajstić information content (AvgIpc) is 2.39. The molecule has 3 heteroatoms. The Bertz CT molecular complexity index is 547. The first-order valence-corrected chi connectivity index (χ1v) is 6.13. The Morgan fingerprint density at radius 1 is 1.17 bits per heavy atom. The van der Waals surface area contributed by atoms with Crippen molar-refractivity contribution in [1.29, 1.82) is 0 Å². The van der Waals surface area contributed by atoms with Crippen LogP contribution in [0.4, 0.5) is 0 Å². The van der Waals surface area contributed by atoms with Crippen LogP contribution in [0.2, 0.25) is 5.02 Å². The van der Waals surface area contributed by atoms with Crippen LogP contribution in [0.3, 0.4) is 0 Å². The highest BCUT2D eigenvalue weighted by atomic mass is 35.5. The van der Waals surface area contributed by atoms with E-state index >= 15 is 0 Å². The SMILES string of the molecule is CCc1ccc(OC(=O)c2cccc(Cl)c2)cc1. The Labute approximate surface area is 111 Å². The van der Waals surface area contributed by atoms with Crippen molar-refractivity contribution in [3.05, 3.63) is 64.7 Å². The molecule has 0 atom stereocenters. The average molecular weight is 261 g/mol. The lowest BCUT2D eigenvalue weighted by atomic mass is 10.2. The summed E-state index contributed by atoms with van der Waals surface area (Å²) in [6.07, 6.45) is 0.961. The van der Waals surface area contributed by atoms with Crippen molar-refractivity contribution in [1.82, 2.24) is 0 Å². The third kappa shape index (κ3) is 3.11. The molecule has 0 saturated heterocycles. The monoisotopic (exact) mass is 260 g/mol. The second kappa shape index (κ2) is 5.69. The van der Waals surface area contributed by atoms with E-state index in [4.69, 9.17) is 16.3 Å².